The van der Waals surface area contributed by atoms with E-state index in [-0.39, 0.29) is 71.4 Å². The number of aryl methyl sites for hydroxylation is 2. The van der Waals surface area contributed by atoms with Gasteiger partial charge in [0.2, 0.25) is 0 Å². The van der Waals surface area contributed by atoms with E-state index in [1.54, 1.807) is 0 Å². The van der Waals surface area contributed by atoms with Gasteiger partial charge in [0.15, 0.2) is 35.5 Å². The fraction of sp³-hybridized carbons (Fsp3) is 0.529. The standard InChI is InChI=1S/C28H34F5N3O5S.C23H26F5N3O4S.2ClH/c1-2-36-16-14-26(15-17-36,25(37)35-41-24-5-3-4-18-40-24)42(38,39)22-9-7-21(8-10-22)23-11-6-20(19-34-23)12-13-27(29,30)28(31,32)33;1-2-31-13-11-21(12-14-31,20(32)30-33)36(34,35)18-6-4-17(5-7-18)19-8-3-16(15-29-19)9-10-22(24,25)23(26,27)28;;/h6-11,19,24H,2-5,12-18H2,1H3,(H,35,37);3-8,15,33H,2,9-14H2,1H3,(H,30,32);2*1H. The second-order valence-corrected chi connectivity index (χ2v) is 23.7. The van der Waals surface area contributed by atoms with Crippen LogP contribution in [0.5, 0.6) is 0 Å². The van der Waals surface area contributed by atoms with E-state index in [0.29, 0.717) is 68.3 Å². The van der Waals surface area contributed by atoms with Crippen LogP contribution in [0.4, 0.5) is 43.9 Å². The number of rotatable bonds is 18. The number of piperidine rings is 2. The molecule has 446 valence electrons. The third-order valence-corrected chi connectivity index (χ3v) is 19.5. The number of hydrogen-bond donors (Lipinski definition) is 3. The van der Waals surface area contributed by atoms with Crippen molar-refractivity contribution < 1.29 is 85.1 Å². The predicted molar refractivity (Wildman–Crippen MR) is 278 cm³/mol. The second-order valence-electron chi connectivity index (χ2n) is 19.2. The van der Waals surface area contributed by atoms with Crippen LogP contribution in [0.3, 0.4) is 0 Å². The molecule has 2 aromatic carbocycles. The number of halogens is 12. The molecule has 29 heteroatoms. The lowest BCUT2D eigenvalue weighted by molar-refractivity contribution is -0.284. The Morgan fingerprint density at radius 3 is 1.32 bits per heavy atom. The number of aromatic nitrogens is 2. The summed E-state index contributed by atoms with van der Waals surface area (Å²) < 4.78 is 184. The van der Waals surface area contributed by atoms with Crippen molar-refractivity contribution in [2.45, 2.75) is 134 Å². The Morgan fingerprint density at radius 2 is 1.01 bits per heavy atom. The molecule has 1 atom stereocenters. The molecule has 2 aromatic heterocycles. The van der Waals surface area contributed by atoms with Gasteiger partial charge in [-0.15, -0.1) is 24.8 Å². The van der Waals surface area contributed by atoms with Crippen molar-refractivity contribution in [3.63, 3.8) is 0 Å². The van der Waals surface area contributed by atoms with Crippen LogP contribution >= 0.6 is 24.8 Å². The minimum absolute atomic E-state index is 0. The molecule has 5 heterocycles. The molecule has 4 aromatic rings. The van der Waals surface area contributed by atoms with E-state index in [1.165, 1.54) is 90.7 Å². The summed E-state index contributed by atoms with van der Waals surface area (Å²) in [5.74, 6) is -11.3. The molecule has 3 aliphatic rings. The van der Waals surface area contributed by atoms with Crippen molar-refractivity contribution in [2.75, 3.05) is 45.9 Å². The van der Waals surface area contributed by atoms with Gasteiger partial charge in [0.1, 0.15) is 0 Å². The number of carbonyl (C=O) groups is 2. The first-order valence-corrected chi connectivity index (χ1v) is 28.0. The Hall–Kier alpha value is -4.74. The third kappa shape index (κ3) is 15.3. The number of nitrogens with one attached hydrogen (secondary N) is 2. The maximum Gasteiger partial charge on any atom is 0.453 e. The van der Waals surface area contributed by atoms with Gasteiger partial charge in [-0.1, -0.05) is 50.2 Å². The fourth-order valence-electron chi connectivity index (χ4n) is 9.25. The van der Waals surface area contributed by atoms with Gasteiger partial charge in [0, 0.05) is 75.6 Å². The summed E-state index contributed by atoms with van der Waals surface area (Å²) in [4.78, 5) is 43.5. The van der Waals surface area contributed by atoms with Gasteiger partial charge >= 0.3 is 24.2 Å². The normalized spacial score (nSPS) is 18.3. The smallest absolute Gasteiger partial charge is 0.350 e. The average molecular weight is 1230 g/mol. The lowest BCUT2D eigenvalue weighted by atomic mass is 9.95. The Balaban J connectivity index is 0.000000340. The third-order valence-electron chi connectivity index (χ3n) is 14.5. The van der Waals surface area contributed by atoms with E-state index in [1.807, 2.05) is 18.7 Å². The largest absolute Gasteiger partial charge is 0.453 e. The first-order valence-electron chi connectivity index (χ1n) is 25.0. The van der Waals surface area contributed by atoms with Crippen LogP contribution in [0.2, 0.25) is 0 Å². The number of nitrogens with zero attached hydrogens (tertiary/aromatic N) is 4. The molecule has 0 bridgehead atoms. The Morgan fingerprint density at radius 1 is 0.625 bits per heavy atom. The summed E-state index contributed by atoms with van der Waals surface area (Å²) in [7, 11) is -8.38. The number of likely N-dealkylation sites (tertiary alicyclic amines) is 2. The van der Waals surface area contributed by atoms with Crippen LogP contribution in [0.1, 0.15) is 82.8 Å². The number of amides is 2. The molecule has 3 N–H and O–H groups in total. The summed E-state index contributed by atoms with van der Waals surface area (Å²) in [6.45, 7) is 7.34. The molecule has 0 aliphatic carbocycles. The van der Waals surface area contributed by atoms with Gasteiger partial charge in [-0.2, -0.15) is 43.9 Å². The van der Waals surface area contributed by atoms with Gasteiger partial charge in [-0.3, -0.25) is 24.8 Å². The lowest BCUT2D eigenvalue weighted by Crippen LogP contribution is -2.58. The van der Waals surface area contributed by atoms with Crippen molar-refractivity contribution >= 4 is 56.3 Å². The van der Waals surface area contributed by atoms with Crippen molar-refractivity contribution in [1.82, 2.24) is 30.7 Å². The molecule has 1 unspecified atom stereocenters. The Labute approximate surface area is 469 Å². The number of sulfone groups is 2. The predicted octanol–water partition coefficient (Wildman–Crippen LogP) is 9.94. The molecule has 7 rings (SSSR count). The summed E-state index contributed by atoms with van der Waals surface area (Å²) in [6, 6.07) is 17.0. The maximum atomic E-state index is 14.0. The van der Waals surface area contributed by atoms with E-state index in [0.717, 1.165) is 19.4 Å². The van der Waals surface area contributed by atoms with Crippen LogP contribution in [-0.4, -0.2) is 139 Å². The number of benzene rings is 2. The SMILES string of the molecule is CCN1CCC(C(=O)NO)(S(=O)(=O)c2ccc(-c3ccc(CCC(F)(F)C(F)(F)F)cn3)cc2)CC1.CCN1CCC(C(=O)NOC2CCCCO2)(S(=O)(=O)c2ccc(-c3ccc(CCC(F)(F)C(F)(F)F)cn3)cc2)CC1.Cl.Cl. The maximum absolute atomic E-state index is 14.0. The van der Waals surface area contributed by atoms with Gasteiger partial charge in [-0.05, 0) is 112 Å². The minimum atomic E-state index is -5.62. The van der Waals surface area contributed by atoms with E-state index in [9.17, 15) is 75.5 Å². The molecule has 0 radical (unpaired) electrons. The lowest BCUT2D eigenvalue weighted by Gasteiger charge is -2.39. The van der Waals surface area contributed by atoms with Crippen LogP contribution in [0.25, 0.3) is 22.5 Å². The van der Waals surface area contributed by atoms with E-state index < -0.39 is 97.2 Å². The summed E-state index contributed by atoms with van der Waals surface area (Å²) in [5.41, 5.74) is 5.95. The molecular formula is C51H62Cl2F10N6O9S2. The first-order chi connectivity index (χ1) is 36.6. The molecule has 15 nitrogen and oxygen atoms in total. The molecule has 3 fully saturated rings. The quantitative estimate of drug-likeness (QED) is 0.0484. The molecule has 0 saturated carbocycles. The number of ether oxygens (including phenoxy) is 1. The van der Waals surface area contributed by atoms with Gasteiger partial charge in [0.05, 0.1) is 21.2 Å². The second kappa shape index (κ2) is 27.6. The van der Waals surface area contributed by atoms with E-state index in [4.69, 9.17) is 9.57 Å². The van der Waals surface area contributed by atoms with Crippen molar-refractivity contribution in [2.24, 2.45) is 0 Å². The molecular weight excluding hydrogens is 1170 g/mol. The number of alkyl halides is 10. The molecule has 3 saturated heterocycles. The number of carbonyl (C=O) groups excluding carboxylic acids is 2. The Kier molecular flexibility index (Phi) is 23.3. The van der Waals surface area contributed by atoms with Crippen molar-refractivity contribution in [3.8, 4) is 22.5 Å². The van der Waals surface area contributed by atoms with Crippen LogP contribution < -0.4 is 11.0 Å². The summed E-state index contributed by atoms with van der Waals surface area (Å²) in [5, 5.41) is 9.24. The van der Waals surface area contributed by atoms with Crippen LogP contribution in [-0.2, 0) is 51.7 Å². The number of hydroxylamine groups is 2. The molecule has 3 aliphatic heterocycles. The number of pyridine rings is 2. The number of hydrogen-bond acceptors (Lipinski definition) is 13. The highest BCUT2D eigenvalue weighted by atomic mass is 35.5. The summed E-state index contributed by atoms with van der Waals surface area (Å²) >= 11 is 0. The van der Waals surface area contributed by atoms with Crippen LogP contribution in [0, 0.1) is 0 Å². The summed E-state index contributed by atoms with van der Waals surface area (Å²) in [6.07, 6.45) is -10.8. The minimum Gasteiger partial charge on any atom is -0.350 e. The van der Waals surface area contributed by atoms with Gasteiger partial charge in [0.25, 0.3) is 11.8 Å². The zero-order chi connectivity index (χ0) is 57.4. The fourth-order valence-corrected chi connectivity index (χ4v) is 13.2. The topological polar surface area (TPSA) is 197 Å². The van der Waals surface area contributed by atoms with Crippen molar-refractivity contribution in [3.05, 3.63) is 96.3 Å². The zero-order valence-electron chi connectivity index (χ0n) is 43.3. The molecule has 0 spiro atoms. The zero-order valence-corrected chi connectivity index (χ0v) is 46.6. The molecule has 2 amide bonds. The highest BCUT2D eigenvalue weighted by Crippen LogP contribution is 2.42. The molecule has 80 heavy (non-hydrogen) atoms. The van der Waals surface area contributed by atoms with Crippen molar-refractivity contribution in [1.29, 1.82) is 0 Å². The highest BCUT2D eigenvalue weighted by molar-refractivity contribution is 7.94. The van der Waals surface area contributed by atoms with Crippen LogP contribution in [0.15, 0.2) is 95.0 Å². The van der Waals surface area contributed by atoms with Gasteiger partial charge < -0.3 is 14.5 Å². The first kappa shape index (κ1) is 67.8. The van der Waals surface area contributed by atoms with Gasteiger partial charge in [-0.25, -0.2) is 32.6 Å². The van der Waals surface area contributed by atoms with E-state index >= 15 is 0 Å². The Bertz CT molecular complexity index is 2870. The monoisotopic (exact) mass is 1230 g/mol. The average Bonchev–Trinajstić information content (AvgIpc) is 3.48. The highest BCUT2D eigenvalue weighted by Gasteiger charge is 2.58. The van der Waals surface area contributed by atoms with E-state index in [2.05, 4.69) is 20.3 Å².